The number of pyridine rings is 1. The smallest absolute Gasteiger partial charge is 0.142 e. The van der Waals surface area contributed by atoms with E-state index in [1.807, 2.05) is 13.0 Å². The highest BCUT2D eigenvalue weighted by molar-refractivity contribution is 5.76. The number of anilines is 1. The number of hydrogen-bond acceptors (Lipinski definition) is 4. The zero-order chi connectivity index (χ0) is 13.1. The Hall–Kier alpha value is -2.28. The number of nitriles is 1. The van der Waals surface area contributed by atoms with E-state index in [2.05, 4.69) is 18.0 Å². The number of aryl methyl sites for hydroxylation is 1. The van der Waals surface area contributed by atoms with Gasteiger partial charge in [0.2, 0.25) is 0 Å². The lowest BCUT2D eigenvalue weighted by Crippen LogP contribution is -2.05. The largest absolute Gasteiger partial charge is 0.464 e. The summed E-state index contributed by atoms with van der Waals surface area (Å²) in [6, 6.07) is 5.78. The average molecular weight is 241 g/mol. The number of nitrogens with two attached hydrogens (primary N) is 1. The molecule has 2 aromatic rings. The first-order valence-electron chi connectivity index (χ1n) is 5.92. The quantitative estimate of drug-likeness (QED) is 0.896. The highest BCUT2D eigenvalue weighted by Gasteiger charge is 2.19. The van der Waals surface area contributed by atoms with Crippen molar-refractivity contribution in [3.05, 3.63) is 35.2 Å². The molecule has 2 heterocycles. The minimum Gasteiger partial charge on any atom is -0.464 e. The van der Waals surface area contributed by atoms with E-state index in [4.69, 9.17) is 10.2 Å². The third-order valence-corrected chi connectivity index (χ3v) is 2.91. The zero-order valence-electron chi connectivity index (χ0n) is 10.5. The fourth-order valence-corrected chi connectivity index (χ4v) is 2.13. The number of aromatic nitrogens is 1. The van der Waals surface area contributed by atoms with Gasteiger partial charge in [0.25, 0.3) is 0 Å². The maximum absolute atomic E-state index is 9.27. The highest BCUT2D eigenvalue weighted by Crippen LogP contribution is 2.32. The first-order chi connectivity index (χ1) is 8.69. The monoisotopic (exact) mass is 241 g/mol. The molecule has 0 radical (unpaired) electrons. The summed E-state index contributed by atoms with van der Waals surface area (Å²) in [4.78, 5) is 4.25. The molecule has 0 aliphatic carbocycles. The van der Waals surface area contributed by atoms with Gasteiger partial charge in [-0.2, -0.15) is 5.26 Å². The van der Waals surface area contributed by atoms with Crippen LogP contribution in [0.2, 0.25) is 0 Å². The van der Waals surface area contributed by atoms with Crippen molar-refractivity contribution < 1.29 is 4.42 Å². The maximum Gasteiger partial charge on any atom is 0.142 e. The van der Waals surface area contributed by atoms with Gasteiger partial charge in [-0.3, -0.25) is 0 Å². The van der Waals surface area contributed by atoms with Crippen molar-refractivity contribution in [1.29, 1.82) is 5.26 Å². The van der Waals surface area contributed by atoms with Crippen molar-refractivity contribution in [2.24, 2.45) is 0 Å². The second kappa shape index (κ2) is 4.92. The summed E-state index contributed by atoms with van der Waals surface area (Å²) < 4.78 is 5.42. The SMILES string of the molecule is CCCc1c(C)nc(N)c(C#N)c1-c1ccco1. The molecule has 0 amide bonds. The molecule has 0 atom stereocenters. The number of nitrogen functional groups attached to an aromatic ring is 1. The lowest BCUT2D eigenvalue weighted by atomic mass is 9.96. The number of furan rings is 1. The second-order valence-electron chi connectivity index (χ2n) is 4.15. The normalized spacial score (nSPS) is 10.3. The minimum atomic E-state index is 0.265. The second-order valence-corrected chi connectivity index (χ2v) is 4.15. The van der Waals surface area contributed by atoms with E-state index in [0.717, 1.165) is 29.7 Å². The number of nitrogens with zero attached hydrogens (tertiary/aromatic N) is 2. The van der Waals surface area contributed by atoms with E-state index in [9.17, 15) is 5.26 Å². The van der Waals surface area contributed by atoms with E-state index in [0.29, 0.717) is 11.3 Å². The first-order valence-corrected chi connectivity index (χ1v) is 5.92. The van der Waals surface area contributed by atoms with Gasteiger partial charge in [0, 0.05) is 11.3 Å². The fraction of sp³-hybridized carbons (Fsp3) is 0.286. The summed E-state index contributed by atoms with van der Waals surface area (Å²) in [5.41, 5.74) is 8.92. The molecule has 0 unspecified atom stereocenters. The molecule has 2 rings (SSSR count). The summed E-state index contributed by atoms with van der Waals surface area (Å²) in [7, 11) is 0. The van der Waals surface area contributed by atoms with Crippen molar-refractivity contribution in [2.45, 2.75) is 26.7 Å². The van der Waals surface area contributed by atoms with E-state index >= 15 is 0 Å². The highest BCUT2D eigenvalue weighted by atomic mass is 16.3. The van der Waals surface area contributed by atoms with Crippen LogP contribution >= 0.6 is 0 Å². The molecule has 18 heavy (non-hydrogen) atoms. The van der Waals surface area contributed by atoms with Crippen molar-refractivity contribution in [2.75, 3.05) is 5.73 Å². The van der Waals surface area contributed by atoms with E-state index < -0.39 is 0 Å². The van der Waals surface area contributed by atoms with Crippen molar-refractivity contribution >= 4 is 5.82 Å². The Kier molecular flexibility index (Phi) is 3.33. The average Bonchev–Trinajstić information content (AvgIpc) is 2.85. The fourth-order valence-electron chi connectivity index (χ4n) is 2.13. The van der Waals surface area contributed by atoms with Gasteiger partial charge < -0.3 is 10.2 Å². The van der Waals surface area contributed by atoms with Crippen LogP contribution in [0.1, 0.15) is 30.2 Å². The molecule has 2 aromatic heterocycles. The van der Waals surface area contributed by atoms with E-state index in [1.165, 1.54) is 0 Å². The molecule has 0 aromatic carbocycles. The third-order valence-electron chi connectivity index (χ3n) is 2.91. The predicted octanol–water partition coefficient (Wildman–Crippen LogP) is 3.06. The number of rotatable bonds is 3. The lowest BCUT2D eigenvalue weighted by Gasteiger charge is -2.13. The van der Waals surface area contributed by atoms with Gasteiger partial charge in [0.15, 0.2) is 0 Å². The molecule has 0 saturated heterocycles. The molecular weight excluding hydrogens is 226 g/mol. The minimum absolute atomic E-state index is 0.265. The molecule has 2 N–H and O–H groups in total. The standard InChI is InChI=1S/C14H15N3O/c1-3-5-10-9(2)17-14(16)11(8-15)13(10)12-6-4-7-18-12/h4,6-7H,3,5H2,1-2H3,(H2,16,17). The molecule has 0 bridgehead atoms. The van der Waals surface area contributed by atoms with Crippen LogP contribution in [0.15, 0.2) is 22.8 Å². The van der Waals surface area contributed by atoms with Gasteiger partial charge in [-0.05, 0) is 31.0 Å². The summed E-state index contributed by atoms with van der Waals surface area (Å²) >= 11 is 0. The Morgan fingerprint density at radius 1 is 1.50 bits per heavy atom. The number of hydrogen-bond donors (Lipinski definition) is 1. The van der Waals surface area contributed by atoms with Crippen molar-refractivity contribution in [3.8, 4) is 17.4 Å². The lowest BCUT2D eigenvalue weighted by molar-refractivity contribution is 0.581. The van der Waals surface area contributed by atoms with E-state index in [-0.39, 0.29) is 5.82 Å². The molecule has 4 nitrogen and oxygen atoms in total. The Labute approximate surface area is 106 Å². The van der Waals surface area contributed by atoms with Gasteiger partial charge in [-0.25, -0.2) is 4.98 Å². The topological polar surface area (TPSA) is 75.8 Å². The van der Waals surface area contributed by atoms with E-state index in [1.54, 1.807) is 12.3 Å². The molecule has 4 heteroatoms. The van der Waals surface area contributed by atoms with Crippen LogP contribution in [0.3, 0.4) is 0 Å². The Morgan fingerprint density at radius 3 is 2.83 bits per heavy atom. The van der Waals surface area contributed by atoms with Gasteiger partial charge in [-0.1, -0.05) is 13.3 Å². The molecule has 0 spiro atoms. The van der Waals surface area contributed by atoms with Gasteiger partial charge in [0.05, 0.1) is 6.26 Å². The van der Waals surface area contributed by atoms with Crippen LogP contribution in [0.4, 0.5) is 5.82 Å². The molecule has 0 saturated carbocycles. The van der Waals surface area contributed by atoms with Gasteiger partial charge >= 0.3 is 0 Å². The molecule has 92 valence electrons. The van der Waals surface area contributed by atoms with Crippen LogP contribution in [0, 0.1) is 18.3 Å². The van der Waals surface area contributed by atoms with Gasteiger partial charge in [-0.15, -0.1) is 0 Å². The van der Waals surface area contributed by atoms with Crippen LogP contribution < -0.4 is 5.73 Å². The van der Waals surface area contributed by atoms with Gasteiger partial charge in [0.1, 0.15) is 23.2 Å². The predicted molar refractivity (Wildman–Crippen MR) is 69.8 cm³/mol. The molecule has 0 fully saturated rings. The van der Waals surface area contributed by atoms with Crippen molar-refractivity contribution in [1.82, 2.24) is 4.98 Å². The summed E-state index contributed by atoms with van der Waals surface area (Å²) in [5.74, 6) is 0.938. The molecule has 0 aliphatic heterocycles. The van der Waals surface area contributed by atoms with Crippen LogP contribution in [-0.2, 0) is 6.42 Å². The van der Waals surface area contributed by atoms with Crippen LogP contribution in [0.5, 0.6) is 0 Å². The first kappa shape index (κ1) is 12.2. The van der Waals surface area contributed by atoms with Crippen LogP contribution in [-0.4, -0.2) is 4.98 Å². The summed E-state index contributed by atoms with van der Waals surface area (Å²) in [6.45, 7) is 4.00. The molecular formula is C14H15N3O. The Balaban J connectivity index is 2.77. The van der Waals surface area contributed by atoms with Crippen molar-refractivity contribution in [3.63, 3.8) is 0 Å². The Morgan fingerprint density at radius 2 is 2.28 bits per heavy atom. The summed E-state index contributed by atoms with van der Waals surface area (Å²) in [5, 5.41) is 9.27. The zero-order valence-corrected chi connectivity index (χ0v) is 10.5. The third kappa shape index (κ3) is 1.95. The Bertz CT molecular complexity index is 594. The summed E-state index contributed by atoms with van der Waals surface area (Å²) in [6.07, 6.45) is 3.42. The van der Waals surface area contributed by atoms with Crippen LogP contribution in [0.25, 0.3) is 11.3 Å². The molecule has 0 aliphatic rings. The maximum atomic E-state index is 9.27.